The first-order valence-corrected chi connectivity index (χ1v) is 6.22. The van der Waals surface area contributed by atoms with E-state index >= 15 is 0 Å². The molecule has 2 N–H and O–H groups in total. The Morgan fingerprint density at radius 2 is 1.68 bits per heavy atom. The van der Waals surface area contributed by atoms with Gasteiger partial charge in [-0.1, -0.05) is 17.7 Å². The molecule has 0 atom stereocenters. The van der Waals surface area contributed by atoms with Crippen LogP contribution in [0.2, 0.25) is 0 Å². The number of halogens is 1. The van der Waals surface area contributed by atoms with E-state index in [9.17, 15) is 4.39 Å². The smallest absolute Gasteiger partial charge is 0.167 e. The van der Waals surface area contributed by atoms with Crippen LogP contribution in [-0.4, -0.2) is 0 Å². The molecule has 0 aliphatic carbocycles. The van der Waals surface area contributed by atoms with Crippen LogP contribution in [0, 0.1) is 26.6 Å². The molecule has 0 bridgehead atoms. The number of rotatable bonds is 3. The van der Waals surface area contributed by atoms with Gasteiger partial charge in [-0.15, -0.1) is 0 Å². The monoisotopic (exact) mass is 259 g/mol. The van der Waals surface area contributed by atoms with Gasteiger partial charge < -0.3 is 10.5 Å². The normalized spacial score (nSPS) is 10.5. The third-order valence-electron chi connectivity index (χ3n) is 3.17. The van der Waals surface area contributed by atoms with Gasteiger partial charge >= 0.3 is 0 Å². The predicted octanol–water partition coefficient (Wildman–Crippen LogP) is 3.91. The number of ether oxygens (including phenoxy) is 1. The van der Waals surface area contributed by atoms with E-state index in [2.05, 4.69) is 19.1 Å². The summed E-state index contributed by atoms with van der Waals surface area (Å²) < 4.78 is 19.2. The summed E-state index contributed by atoms with van der Waals surface area (Å²) in [5.74, 6) is -0.198. The SMILES string of the molecule is Cc1cc(C)c(COc2ccc(N)cc2F)c(C)c1. The van der Waals surface area contributed by atoms with Crippen LogP contribution in [0.4, 0.5) is 10.1 Å². The molecule has 2 aromatic carbocycles. The number of anilines is 1. The minimum Gasteiger partial charge on any atom is -0.486 e. The van der Waals surface area contributed by atoms with Crippen molar-refractivity contribution >= 4 is 5.69 Å². The second-order valence-electron chi connectivity index (χ2n) is 4.86. The largest absolute Gasteiger partial charge is 0.486 e. The topological polar surface area (TPSA) is 35.2 Å². The minimum atomic E-state index is -0.428. The van der Waals surface area contributed by atoms with E-state index in [0.717, 1.165) is 16.7 Å². The molecule has 0 unspecified atom stereocenters. The van der Waals surface area contributed by atoms with Crippen LogP contribution in [0.15, 0.2) is 30.3 Å². The van der Waals surface area contributed by atoms with E-state index in [4.69, 9.17) is 10.5 Å². The Labute approximate surface area is 113 Å². The molecular formula is C16H18FNO. The maximum Gasteiger partial charge on any atom is 0.167 e. The van der Waals surface area contributed by atoms with Crippen LogP contribution >= 0.6 is 0 Å². The van der Waals surface area contributed by atoms with Gasteiger partial charge in [-0.25, -0.2) is 4.39 Å². The number of nitrogens with two attached hydrogens (primary N) is 1. The van der Waals surface area contributed by atoms with Crippen molar-refractivity contribution in [2.75, 3.05) is 5.73 Å². The molecule has 0 fully saturated rings. The Balaban J connectivity index is 2.19. The van der Waals surface area contributed by atoms with Crippen LogP contribution < -0.4 is 10.5 Å². The van der Waals surface area contributed by atoms with Gasteiger partial charge in [0.05, 0.1) is 0 Å². The average molecular weight is 259 g/mol. The second kappa shape index (κ2) is 5.31. The van der Waals surface area contributed by atoms with Gasteiger partial charge in [-0.3, -0.25) is 0 Å². The molecule has 0 aliphatic rings. The summed E-state index contributed by atoms with van der Waals surface area (Å²) in [5.41, 5.74) is 10.5. The highest BCUT2D eigenvalue weighted by atomic mass is 19.1. The second-order valence-corrected chi connectivity index (χ2v) is 4.86. The number of hydrogen-bond acceptors (Lipinski definition) is 2. The number of nitrogen functional groups attached to an aromatic ring is 1. The maximum atomic E-state index is 13.6. The predicted molar refractivity (Wildman–Crippen MR) is 75.8 cm³/mol. The van der Waals surface area contributed by atoms with Gasteiger partial charge in [0.2, 0.25) is 0 Å². The first-order chi connectivity index (χ1) is 8.97. The summed E-state index contributed by atoms with van der Waals surface area (Å²) in [7, 11) is 0. The number of aryl methyl sites for hydroxylation is 3. The summed E-state index contributed by atoms with van der Waals surface area (Å²) in [6.45, 7) is 6.50. The van der Waals surface area contributed by atoms with E-state index in [-0.39, 0.29) is 5.75 Å². The average Bonchev–Trinajstić information content (AvgIpc) is 2.30. The molecule has 0 radical (unpaired) electrons. The highest BCUT2D eigenvalue weighted by Crippen LogP contribution is 2.23. The Hall–Kier alpha value is -2.03. The molecule has 100 valence electrons. The van der Waals surface area contributed by atoms with Crippen molar-refractivity contribution in [2.24, 2.45) is 0 Å². The lowest BCUT2D eigenvalue weighted by molar-refractivity contribution is 0.289. The van der Waals surface area contributed by atoms with Crippen molar-refractivity contribution in [3.8, 4) is 5.75 Å². The number of hydrogen-bond donors (Lipinski definition) is 1. The lowest BCUT2D eigenvalue weighted by Gasteiger charge is -2.13. The Morgan fingerprint density at radius 3 is 2.26 bits per heavy atom. The van der Waals surface area contributed by atoms with Crippen molar-refractivity contribution in [1.29, 1.82) is 0 Å². The molecule has 0 saturated carbocycles. The summed E-state index contributed by atoms with van der Waals surface area (Å²) >= 11 is 0. The molecule has 19 heavy (non-hydrogen) atoms. The number of benzene rings is 2. The third kappa shape index (κ3) is 3.05. The van der Waals surface area contributed by atoms with Gasteiger partial charge in [-0.05, 0) is 49.6 Å². The Bertz CT molecular complexity index is 585. The van der Waals surface area contributed by atoms with Gasteiger partial charge in [-0.2, -0.15) is 0 Å². The summed E-state index contributed by atoms with van der Waals surface area (Å²) in [6.07, 6.45) is 0. The van der Waals surface area contributed by atoms with Crippen LogP contribution in [0.5, 0.6) is 5.75 Å². The van der Waals surface area contributed by atoms with E-state index in [1.54, 1.807) is 12.1 Å². The molecule has 0 saturated heterocycles. The zero-order chi connectivity index (χ0) is 14.0. The highest BCUT2D eigenvalue weighted by molar-refractivity contribution is 5.43. The molecule has 0 spiro atoms. The zero-order valence-electron chi connectivity index (χ0n) is 11.5. The van der Waals surface area contributed by atoms with Crippen molar-refractivity contribution in [1.82, 2.24) is 0 Å². The molecule has 2 aromatic rings. The van der Waals surface area contributed by atoms with Crippen molar-refractivity contribution < 1.29 is 9.13 Å². The van der Waals surface area contributed by atoms with E-state index < -0.39 is 5.82 Å². The lowest BCUT2D eigenvalue weighted by Crippen LogP contribution is -2.02. The summed E-state index contributed by atoms with van der Waals surface area (Å²) in [5, 5.41) is 0. The van der Waals surface area contributed by atoms with Crippen molar-refractivity contribution in [2.45, 2.75) is 27.4 Å². The Kier molecular flexibility index (Phi) is 3.74. The Morgan fingerprint density at radius 1 is 1.05 bits per heavy atom. The minimum absolute atomic E-state index is 0.230. The maximum absolute atomic E-state index is 13.6. The molecular weight excluding hydrogens is 241 g/mol. The van der Waals surface area contributed by atoms with Crippen LogP contribution in [-0.2, 0) is 6.61 Å². The van der Waals surface area contributed by atoms with Gasteiger partial charge in [0.1, 0.15) is 6.61 Å². The van der Waals surface area contributed by atoms with E-state index in [0.29, 0.717) is 12.3 Å². The summed E-state index contributed by atoms with van der Waals surface area (Å²) in [4.78, 5) is 0. The molecule has 2 nitrogen and oxygen atoms in total. The van der Waals surface area contributed by atoms with Gasteiger partial charge in [0.25, 0.3) is 0 Å². The van der Waals surface area contributed by atoms with Crippen LogP contribution in [0.3, 0.4) is 0 Å². The van der Waals surface area contributed by atoms with Gasteiger partial charge in [0.15, 0.2) is 11.6 Å². The zero-order valence-corrected chi connectivity index (χ0v) is 11.5. The fourth-order valence-corrected chi connectivity index (χ4v) is 2.22. The summed E-state index contributed by atoms with van der Waals surface area (Å²) in [6, 6.07) is 8.66. The molecule has 0 heterocycles. The first-order valence-electron chi connectivity index (χ1n) is 6.22. The molecule has 2 rings (SSSR count). The van der Waals surface area contributed by atoms with Gasteiger partial charge in [0, 0.05) is 11.8 Å². The fourth-order valence-electron chi connectivity index (χ4n) is 2.22. The lowest BCUT2D eigenvalue weighted by atomic mass is 10.0. The molecule has 0 amide bonds. The van der Waals surface area contributed by atoms with Crippen molar-refractivity contribution in [3.05, 3.63) is 58.4 Å². The van der Waals surface area contributed by atoms with Crippen LogP contribution in [0.25, 0.3) is 0 Å². The standard InChI is InChI=1S/C16H18FNO/c1-10-6-11(2)14(12(3)7-10)9-19-16-5-4-13(18)8-15(16)17/h4-8H,9,18H2,1-3H3. The van der Waals surface area contributed by atoms with E-state index in [1.807, 2.05) is 13.8 Å². The van der Waals surface area contributed by atoms with Crippen molar-refractivity contribution in [3.63, 3.8) is 0 Å². The van der Waals surface area contributed by atoms with Crippen LogP contribution in [0.1, 0.15) is 22.3 Å². The molecule has 0 aromatic heterocycles. The molecule has 0 aliphatic heterocycles. The fraction of sp³-hybridized carbons (Fsp3) is 0.250. The quantitative estimate of drug-likeness (QED) is 0.848. The third-order valence-corrected chi connectivity index (χ3v) is 3.17. The first kappa shape index (κ1) is 13.4. The highest BCUT2D eigenvalue weighted by Gasteiger charge is 2.08. The van der Waals surface area contributed by atoms with E-state index in [1.165, 1.54) is 11.6 Å². The molecule has 3 heteroatoms.